The SMILES string of the molecule is CC(Nc1cc(C(F)(F)F)nc(N)n1)c1nncn1C. The minimum Gasteiger partial charge on any atom is -0.368 e. The number of nitrogens with zero attached hydrogens (tertiary/aromatic N) is 5. The molecular weight excluding hydrogens is 275 g/mol. The van der Waals surface area contributed by atoms with Crippen LogP contribution < -0.4 is 11.1 Å². The molecule has 2 rings (SSSR count). The number of nitrogens with two attached hydrogens (primary N) is 1. The Balaban J connectivity index is 2.26. The predicted octanol–water partition coefficient (Wildman–Crippen LogP) is 1.38. The Kier molecular flexibility index (Phi) is 3.47. The molecule has 0 aliphatic rings. The van der Waals surface area contributed by atoms with Crippen LogP contribution in [-0.2, 0) is 13.2 Å². The molecule has 0 saturated heterocycles. The summed E-state index contributed by atoms with van der Waals surface area (Å²) in [5, 5.41) is 10.3. The second kappa shape index (κ2) is 4.94. The highest BCUT2D eigenvalue weighted by Gasteiger charge is 2.33. The number of nitrogen functional groups attached to an aromatic ring is 1. The van der Waals surface area contributed by atoms with Crippen LogP contribution in [0.4, 0.5) is 24.9 Å². The lowest BCUT2D eigenvalue weighted by Gasteiger charge is -2.15. The number of hydrogen-bond donors (Lipinski definition) is 2. The molecule has 0 aliphatic carbocycles. The fourth-order valence-corrected chi connectivity index (χ4v) is 1.66. The van der Waals surface area contributed by atoms with Crippen molar-refractivity contribution in [2.24, 2.45) is 7.05 Å². The van der Waals surface area contributed by atoms with Crippen molar-refractivity contribution >= 4 is 11.8 Å². The first kappa shape index (κ1) is 14.0. The lowest BCUT2D eigenvalue weighted by atomic mass is 10.3. The van der Waals surface area contributed by atoms with Crippen LogP contribution in [-0.4, -0.2) is 24.7 Å². The van der Waals surface area contributed by atoms with E-state index in [-0.39, 0.29) is 5.82 Å². The third kappa shape index (κ3) is 2.95. The van der Waals surface area contributed by atoms with Gasteiger partial charge in [-0.15, -0.1) is 10.2 Å². The first-order chi connectivity index (χ1) is 9.27. The van der Waals surface area contributed by atoms with E-state index in [1.165, 1.54) is 6.33 Å². The van der Waals surface area contributed by atoms with E-state index in [1.807, 2.05) is 0 Å². The van der Waals surface area contributed by atoms with Gasteiger partial charge in [0.05, 0.1) is 6.04 Å². The number of alkyl halides is 3. The quantitative estimate of drug-likeness (QED) is 0.885. The van der Waals surface area contributed by atoms with Crippen molar-refractivity contribution in [2.45, 2.75) is 19.1 Å². The van der Waals surface area contributed by atoms with Crippen molar-refractivity contribution in [3.63, 3.8) is 0 Å². The van der Waals surface area contributed by atoms with Gasteiger partial charge in [-0.1, -0.05) is 0 Å². The van der Waals surface area contributed by atoms with Gasteiger partial charge >= 0.3 is 6.18 Å². The van der Waals surface area contributed by atoms with Crippen LogP contribution in [0.2, 0.25) is 0 Å². The van der Waals surface area contributed by atoms with E-state index in [1.54, 1.807) is 18.5 Å². The second-order valence-corrected chi connectivity index (χ2v) is 4.16. The van der Waals surface area contributed by atoms with Crippen molar-refractivity contribution in [1.29, 1.82) is 0 Å². The molecule has 7 nitrogen and oxygen atoms in total. The zero-order chi connectivity index (χ0) is 14.9. The van der Waals surface area contributed by atoms with Crippen LogP contribution in [0.15, 0.2) is 12.4 Å². The highest BCUT2D eigenvalue weighted by atomic mass is 19.4. The van der Waals surface area contributed by atoms with E-state index in [9.17, 15) is 13.2 Å². The highest BCUT2D eigenvalue weighted by molar-refractivity contribution is 5.42. The van der Waals surface area contributed by atoms with Gasteiger partial charge in [0.1, 0.15) is 12.1 Å². The largest absolute Gasteiger partial charge is 0.433 e. The number of halogens is 3. The maximum absolute atomic E-state index is 12.6. The Bertz CT molecular complexity index is 607. The average Bonchev–Trinajstić information content (AvgIpc) is 2.73. The van der Waals surface area contributed by atoms with Crippen molar-refractivity contribution in [1.82, 2.24) is 24.7 Å². The molecule has 0 fully saturated rings. The Hall–Kier alpha value is -2.39. The minimum absolute atomic E-state index is 0.0275. The predicted molar refractivity (Wildman–Crippen MR) is 64.5 cm³/mol. The van der Waals surface area contributed by atoms with Crippen LogP contribution in [0.3, 0.4) is 0 Å². The molecule has 0 aromatic carbocycles. The van der Waals surface area contributed by atoms with Gasteiger partial charge in [-0.3, -0.25) is 0 Å². The maximum atomic E-state index is 12.6. The molecule has 2 aromatic rings. The summed E-state index contributed by atoms with van der Waals surface area (Å²) in [4.78, 5) is 6.89. The molecule has 108 valence electrons. The molecule has 1 unspecified atom stereocenters. The Morgan fingerprint density at radius 2 is 2.05 bits per heavy atom. The number of rotatable bonds is 3. The minimum atomic E-state index is -4.58. The van der Waals surface area contributed by atoms with E-state index in [0.717, 1.165) is 6.07 Å². The van der Waals surface area contributed by atoms with Gasteiger partial charge in [-0.05, 0) is 6.92 Å². The van der Waals surface area contributed by atoms with E-state index in [2.05, 4.69) is 25.5 Å². The van der Waals surface area contributed by atoms with Crippen LogP contribution >= 0.6 is 0 Å². The van der Waals surface area contributed by atoms with Crippen LogP contribution in [0.1, 0.15) is 24.5 Å². The van der Waals surface area contributed by atoms with Gasteiger partial charge in [0.15, 0.2) is 11.5 Å². The van der Waals surface area contributed by atoms with E-state index >= 15 is 0 Å². The van der Waals surface area contributed by atoms with Crippen molar-refractivity contribution in [3.05, 3.63) is 23.9 Å². The second-order valence-electron chi connectivity index (χ2n) is 4.16. The summed E-state index contributed by atoms with van der Waals surface area (Å²) >= 11 is 0. The molecule has 3 N–H and O–H groups in total. The number of nitrogens with one attached hydrogen (secondary N) is 1. The molecule has 20 heavy (non-hydrogen) atoms. The van der Waals surface area contributed by atoms with E-state index in [4.69, 9.17) is 5.73 Å². The van der Waals surface area contributed by atoms with Gasteiger partial charge in [0.25, 0.3) is 0 Å². The van der Waals surface area contributed by atoms with Crippen molar-refractivity contribution < 1.29 is 13.2 Å². The van der Waals surface area contributed by atoms with Gasteiger partial charge < -0.3 is 15.6 Å². The van der Waals surface area contributed by atoms with E-state index in [0.29, 0.717) is 5.82 Å². The fraction of sp³-hybridized carbons (Fsp3) is 0.400. The van der Waals surface area contributed by atoms with Gasteiger partial charge in [-0.25, -0.2) is 4.98 Å². The Labute approximate surface area is 112 Å². The highest BCUT2D eigenvalue weighted by Crippen LogP contribution is 2.29. The topological polar surface area (TPSA) is 94.5 Å². The summed E-state index contributed by atoms with van der Waals surface area (Å²) in [5.41, 5.74) is 4.19. The first-order valence-corrected chi connectivity index (χ1v) is 5.59. The monoisotopic (exact) mass is 287 g/mol. The lowest BCUT2D eigenvalue weighted by molar-refractivity contribution is -0.141. The molecule has 0 bridgehead atoms. The third-order valence-corrected chi connectivity index (χ3v) is 2.53. The Morgan fingerprint density at radius 1 is 1.35 bits per heavy atom. The summed E-state index contributed by atoms with van der Waals surface area (Å²) in [5.74, 6) is 0.0727. The Morgan fingerprint density at radius 3 is 2.60 bits per heavy atom. The summed E-state index contributed by atoms with van der Waals surface area (Å²) < 4.78 is 39.5. The molecular formula is C10H12F3N7. The smallest absolute Gasteiger partial charge is 0.368 e. The van der Waals surface area contributed by atoms with Gasteiger partial charge in [0.2, 0.25) is 5.95 Å². The van der Waals surface area contributed by atoms with Crippen LogP contribution in [0.25, 0.3) is 0 Å². The molecule has 2 heterocycles. The molecule has 0 amide bonds. The van der Waals surface area contributed by atoms with Gasteiger partial charge in [-0.2, -0.15) is 18.2 Å². The number of hydrogen-bond acceptors (Lipinski definition) is 6. The molecule has 0 saturated carbocycles. The summed E-state index contributed by atoms with van der Waals surface area (Å²) in [6.07, 6.45) is -3.09. The van der Waals surface area contributed by atoms with Crippen LogP contribution in [0.5, 0.6) is 0 Å². The zero-order valence-corrected chi connectivity index (χ0v) is 10.7. The molecule has 2 aromatic heterocycles. The molecule has 0 aliphatic heterocycles. The third-order valence-electron chi connectivity index (χ3n) is 2.53. The van der Waals surface area contributed by atoms with E-state index < -0.39 is 23.9 Å². The maximum Gasteiger partial charge on any atom is 0.433 e. The first-order valence-electron chi connectivity index (χ1n) is 5.59. The molecule has 1 atom stereocenters. The number of aromatic nitrogens is 5. The van der Waals surface area contributed by atoms with Gasteiger partial charge in [0, 0.05) is 13.1 Å². The van der Waals surface area contributed by atoms with Crippen LogP contribution in [0, 0.1) is 0 Å². The molecule has 0 radical (unpaired) electrons. The van der Waals surface area contributed by atoms with Crippen molar-refractivity contribution in [3.8, 4) is 0 Å². The molecule has 10 heteroatoms. The standard InChI is InChI=1S/C10H12F3N7/c1-5(8-19-15-4-20(8)2)16-7-3-6(10(11,12)13)17-9(14)18-7/h3-5H,1-2H3,(H3,14,16,17,18). The lowest BCUT2D eigenvalue weighted by Crippen LogP contribution is -2.16. The summed E-state index contributed by atoms with van der Waals surface area (Å²) in [6, 6.07) is 0.404. The van der Waals surface area contributed by atoms with Crippen molar-refractivity contribution in [2.75, 3.05) is 11.1 Å². The number of aryl methyl sites for hydroxylation is 1. The zero-order valence-electron chi connectivity index (χ0n) is 10.7. The normalized spacial score (nSPS) is 13.2. The molecule has 0 spiro atoms. The summed E-state index contributed by atoms with van der Waals surface area (Å²) in [6.45, 7) is 1.72. The average molecular weight is 287 g/mol. The number of anilines is 2. The fourth-order valence-electron chi connectivity index (χ4n) is 1.66. The summed E-state index contributed by atoms with van der Waals surface area (Å²) in [7, 11) is 1.73.